The molecule has 2 aliphatic rings. The van der Waals surface area contributed by atoms with E-state index >= 15 is 0 Å². The molecule has 124 valence electrons. The molecular formula is C18H25N3O2. The van der Waals surface area contributed by atoms with Crippen LogP contribution in [0.5, 0.6) is 0 Å². The summed E-state index contributed by atoms with van der Waals surface area (Å²) in [6, 6.07) is 4.53. The molecule has 4 atom stereocenters. The Balaban J connectivity index is 1.39. The van der Waals surface area contributed by atoms with E-state index in [1.54, 1.807) is 0 Å². The van der Waals surface area contributed by atoms with Crippen molar-refractivity contribution < 1.29 is 9.15 Å². The van der Waals surface area contributed by atoms with Gasteiger partial charge in [-0.25, -0.2) is 4.98 Å². The van der Waals surface area contributed by atoms with Crippen molar-refractivity contribution >= 4 is 0 Å². The highest BCUT2D eigenvalue weighted by Gasteiger charge is 2.37. The van der Waals surface area contributed by atoms with Crippen LogP contribution in [-0.2, 0) is 17.8 Å². The number of nitrogens with zero attached hydrogens (tertiary/aromatic N) is 2. The number of rotatable bonds is 6. The fraction of sp³-hybridized carbons (Fsp3) is 0.611. The number of hydrogen-bond donors (Lipinski definition) is 1. The van der Waals surface area contributed by atoms with Gasteiger partial charge in [0.25, 0.3) is 0 Å². The third-order valence-electron chi connectivity index (χ3n) is 5.13. The lowest BCUT2D eigenvalue weighted by atomic mass is 10.1. The van der Waals surface area contributed by atoms with Crippen molar-refractivity contribution in [2.75, 3.05) is 6.61 Å². The van der Waals surface area contributed by atoms with Gasteiger partial charge in [0, 0.05) is 37.5 Å². The number of hydrogen-bond acceptors (Lipinski definition) is 4. The normalized spacial score (nSPS) is 30.0. The SMILES string of the molecule is CCn1ccnc1[C@H]1OCC[C@@H]1NCc1ccc([C@@H]2C[C@@H]2C)o1. The molecule has 0 amide bonds. The van der Waals surface area contributed by atoms with E-state index in [1.807, 2.05) is 12.4 Å². The molecule has 4 rings (SSSR count). The molecule has 1 aliphatic carbocycles. The summed E-state index contributed by atoms with van der Waals surface area (Å²) in [5, 5.41) is 3.60. The molecule has 23 heavy (non-hydrogen) atoms. The zero-order chi connectivity index (χ0) is 15.8. The van der Waals surface area contributed by atoms with E-state index in [9.17, 15) is 0 Å². The predicted octanol–water partition coefficient (Wildman–Crippen LogP) is 3.24. The number of furan rings is 1. The largest absolute Gasteiger partial charge is 0.464 e. The van der Waals surface area contributed by atoms with Crippen molar-refractivity contribution in [3.05, 3.63) is 41.9 Å². The number of imidazole rings is 1. The molecule has 3 heterocycles. The van der Waals surface area contributed by atoms with Gasteiger partial charge in [0.1, 0.15) is 23.4 Å². The Morgan fingerprint density at radius 2 is 2.26 bits per heavy atom. The van der Waals surface area contributed by atoms with Crippen molar-refractivity contribution in [3.63, 3.8) is 0 Å². The second kappa shape index (κ2) is 6.13. The Kier molecular flexibility index (Phi) is 3.99. The smallest absolute Gasteiger partial charge is 0.139 e. The zero-order valence-corrected chi connectivity index (χ0v) is 13.9. The first kappa shape index (κ1) is 15.0. The number of nitrogens with one attached hydrogen (secondary N) is 1. The van der Waals surface area contributed by atoms with Crippen LogP contribution in [0.4, 0.5) is 0 Å². The van der Waals surface area contributed by atoms with E-state index in [0.717, 1.165) is 49.4 Å². The van der Waals surface area contributed by atoms with Crippen LogP contribution in [-0.4, -0.2) is 22.2 Å². The molecule has 0 spiro atoms. The number of aromatic nitrogens is 2. The van der Waals surface area contributed by atoms with Crippen molar-refractivity contribution in [2.24, 2.45) is 5.92 Å². The zero-order valence-electron chi connectivity index (χ0n) is 13.9. The van der Waals surface area contributed by atoms with Crippen molar-refractivity contribution in [2.45, 2.75) is 57.8 Å². The second-order valence-electron chi connectivity index (χ2n) is 6.76. The second-order valence-corrected chi connectivity index (χ2v) is 6.76. The Bertz CT molecular complexity index is 663. The molecule has 2 aromatic rings. The molecule has 1 aliphatic heterocycles. The highest BCUT2D eigenvalue weighted by Crippen LogP contribution is 2.47. The van der Waals surface area contributed by atoms with Gasteiger partial charge in [-0.1, -0.05) is 6.92 Å². The molecule has 5 heteroatoms. The molecule has 1 N–H and O–H groups in total. The van der Waals surface area contributed by atoms with Crippen LogP contribution in [0.1, 0.15) is 56.1 Å². The summed E-state index contributed by atoms with van der Waals surface area (Å²) in [4.78, 5) is 4.49. The third-order valence-corrected chi connectivity index (χ3v) is 5.13. The standard InChI is InChI=1S/C18H25N3O2/c1-3-21-8-7-19-18(21)17-15(6-9-22-17)20-11-13-4-5-16(23-13)14-10-12(14)2/h4-5,7-8,12,14-15,17,20H,3,6,9-11H2,1-2H3/t12-,14+,15-,17-/m0/s1. The maximum absolute atomic E-state index is 5.98. The summed E-state index contributed by atoms with van der Waals surface area (Å²) in [6.45, 7) is 6.86. The van der Waals surface area contributed by atoms with Gasteiger partial charge in [-0.2, -0.15) is 0 Å². The van der Waals surface area contributed by atoms with E-state index < -0.39 is 0 Å². The van der Waals surface area contributed by atoms with E-state index in [1.165, 1.54) is 6.42 Å². The lowest BCUT2D eigenvalue weighted by molar-refractivity contribution is 0.0882. The molecule has 1 saturated carbocycles. The Hall–Kier alpha value is -1.59. The van der Waals surface area contributed by atoms with E-state index in [-0.39, 0.29) is 12.1 Å². The third kappa shape index (κ3) is 2.95. The van der Waals surface area contributed by atoms with E-state index in [2.05, 4.69) is 40.8 Å². The summed E-state index contributed by atoms with van der Waals surface area (Å²) >= 11 is 0. The first-order chi connectivity index (χ1) is 11.3. The summed E-state index contributed by atoms with van der Waals surface area (Å²) < 4.78 is 14.1. The average Bonchev–Trinajstić information content (AvgIpc) is 3.04. The molecule has 0 unspecified atom stereocenters. The topological polar surface area (TPSA) is 52.2 Å². The van der Waals surface area contributed by atoms with Gasteiger partial charge in [0.2, 0.25) is 0 Å². The van der Waals surface area contributed by atoms with Crippen molar-refractivity contribution in [1.82, 2.24) is 14.9 Å². The van der Waals surface area contributed by atoms with Crippen LogP contribution in [0.25, 0.3) is 0 Å². The summed E-state index contributed by atoms with van der Waals surface area (Å²) in [5.41, 5.74) is 0. The minimum absolute atomic E-state index is 0.0304. The van der Waals surface area contributed by atoms with Crippen molar-refractivity contribution in [3.8, 4) is 0 Å². The summed E-state index contributed by atoms with van der Waals surface area (Å²) in [6.07, 6.45) is 6.17. The van der Waals surface area contributed by atoms with Crippen LogP contribution < -0.4 is 5.32 Å². The quantitative estimate of drug-likeness (QED) is 0.889. The molecule has 0 radical (unpaired) electrons. The summed E-state index contributed by atoms with van der Waals surface area (Å²) in [7, 11) is 0. The van der Waals surface area contributed by atoms with Gasteiger partial charge in [-0.05, 0) is 37.8 Å². The fourth-order valence-electron chi connectivity index (χ4n) is 3.54. The fourth-order valence-corrected chi connectivity index (χ4v) is 3.54. The highest BCUT2D eigenvalue weighted by atomic mass is 16.5. The van der Waals surface area contributed by atoms with Gasteiger partial charge in [0.15, 0.2) is 0 Å². The first-order valence-corrected chi connectivity index (χ1v) is 8.71. The van der Waals surface area contributed by atoms with Crippen LogP contribution in [0.2, 0.25) is 0 Å². The van der Waals surface area contributed by atoms with Crippen LogP contribution in [0.15, 0.2) is 28.9 Å². The Labute approximate surface area is 137 Å². The van der Waals surface area contributed by atoms with E-state index in [0.29, 0.717) is 5.92 Å². The predicted molar refractivity (Wildman–Crippen MR) is 87.1 cm³/mol. The number of ether oxygens (including phenoxy) is 1. The molecule has 1 saturated heterocycles. The minimum Gasteiger partial charge on any atom is -0.464 e. The molecule has 2 aromatic heterocycles. The summed E-state index contributed by atoms with van der Waals surface area (Å²) in [5.74, 6) is 4.61. The minimum atomic E-state index is 0.0304. The molecule has 5 nitrogen and oxygen atoms in total. The molecular weight excluding hydrogens is 290 g/mol. The van der Waals surface area contributed by atoms with Gasteiger partial charge in [0.05, 0.1) is 6.54 Å². The lowest BCUT2D eigenvalue weighted by Gasteiger charge is -2.19. The monoisotopic (exact) mass is 315 g/mol. The average molecular weight is 315 g/mol. The highest BCUT2D eigenvalue weighted by molar-refractivity contribution is 5.17. The van der Waals surface area contributed by atoms with Gasteiger partial charge in [-0.3, -0.25) is 0 Å². The molecule has 0 aromatic carbocycles. The van der Waals surface area contributed by atoms with Gasteiger partial charge >= 0.3 is 0 Å². The van der Waals surface area contributed by atoms with Crippen LogP contribution in [0, 0.1) is 5.92 Å². The van der Waals surface area contributed by atoms with Crippen LogP contribution in [0.3, 0.4) is 0 Å². The maximum Gasteiger partial charge on any atom is 0.139 e. The molecule has 0 bridgehead atoms. The van der Waals surface area contributed by atoms with E-state index in [4.69, 9.17) is 9.15 Å². The Morgan fingerprint density at radius 3 is 3.04 bits per heavy atom. The van der Waals surface area contributed by atoms with Crippen LogP contribution >= 0.6 is 0 Å². The maximum atomic E-state index is 5.98. The first-order valence-electron chi connectivity index (χ1n) is 8.71. The molecule has 2 fully saturated rings. The number of aryl methyl sites for hydroxylation is 1. The lowest BCUT2D eigenvalue weighted by Crippen LogP contribution is -2.32. The van der Waals surface area contributed by atoms with Gasteiger partial charge < -0.3 is 19.0 Å². The van der Waals surface area contributed by atoms with Gasteiger partial charge in [-0.15, -0.1) is 0 Å². The Morgan fingerprint density at radius 1 is 1.39 bits per heavy atom. The van der Waals surface area contributed by atoms with Crippen molar-refractivity contribution in [1.29, 1.82) is 0 Å².